The quantitative estimate of drug-likeness (QED) is 0.00539. The predicted molar refractivity (Wildman–Crippen MR) is 525 cm³/mol. The van der Waals surface area contributed by atoms with Crippen LogP contribution in [0.1, 0.15) is 148 Å². The summed E-state index contributed by atoms with van der Waals surface area (Å²) in [5, 5.41) is 78.7. The maximum Gasteiger partial charge on any atom is 0.246 e. The van der Waals surface area contributed by atoms with Crippen molar-refractivity contribution in [2.75, 3.05) is 78.5 Å². The van der Waals surface area contributed by atoms with Crippen molar-refractivity contribution in [3.63, 3.8) is 0 Å². The number of aromatic hydroxyl groups is 1. The summed E-state index contributed by atoms with van der Waals surface area (Å²) in [6.07, 6.45) is -1.42. The molecule has 49 heteroatoms. The molecular formula is C93H134N26O21S2. The third-order valence-electron chi connectivity index (χ3n) is 24.9. The van der Waals surface area contributed by atoms with Gasteiger partial charge in [0, 0.05) is 124 Å². The Kier molecular flexibility index (Phi) is 44.3. The summed E-state index contributed by atoms with van der Waals surface area (Å²) < 4.78 is 0.799. The summed E-state index contributed by atoms with van der Waals surface area (Å²) in [5.41, 5.74) is 33.9. The van der Waals surface area contributed by atoms with Crippen LogP contribution in [0.2, 0.25) is 0 Å². The minimum absolute atomic E-state index is 0.0194. The van der Waals surface area contributed by atoms with Crippen molar-refractivity contribution in [3.05, 3.63) is 112 Å². The third kappa shape index (κ3) is 32.9. The molecule has 5 aromatic rings. The topological polar surface area (TPSA) is 721 Å². The lowest BCUT2D eigenvalue weighted by molar-refractivity contribution is -0.149. The third-order valence-corrected chi connectivity index (χ3v) is 27.0. The number of nitrogens with one attached hydrogen (secondary N) is 14. The van der Waals surface area contributed by atoms with Gasteiger partial charge in [-0.25, -0.2) is 0 Å². The maximum absolute atomic E-state index is 15.8. The van der Waals surface area contributed by atoms with E-state index in [9.17, 15) is 63.3 Å². The number of carbonyl (C=O) groups is 18. The molecule has 142 heavy (non-hydrogen) atoms. The number of aromatic nitrogens is 1. The highest BCUT2D eigenvalue weighted by Crippen LogP contribution is 2.30. The Hall–Kier alpha value is -13.8. The van der Waals surface area contributed by atoms with Gasteiger partial charge in [-0.3, -0.25) is 91.7 Å². The SMILES string of the molecule is CCCC[C@H]1C(=O)N(C)[C@@H](CCCC)C(=O)N[C@@H](CCCNC(=N)N)C(=O)N[C@H](CC(=O)NCC(=O)N[C@@H](CCN=[N+]=[N-])C(N)=O)CSCC(=O)N[C@@H](Cc2ccc(O)cc2)C(=O)N(C)[C@@H](C)C(=O)N[C@@H](CC(N)=O)C(=O)N2CCC[C@H]2C(=O)N[C@@H](CN)C(=O)N[C@@H](CC(C)C)C(=O)N2C[C@H](O)C[C@H]2C(=O)N[C@@H](Cc2c[nH]c3ccccc23)C(=O)N[C@@H](CO)C(=O)N[C@@H](Cc2csc3ccccc23)C(=O)N1C. The average Bonchev–Trinajstić information content (AvgIpc) is 1.60. The summed E-state index contributed by atoms with van der Waals surface area (Å²) in [4.78, 5) is 275. The largest absolute Gasteiger partial charge is 0.508 e. The number of phenolic OH excluding ortho intramolecular Hbond substituents is 1. The first-order valence-corrected chi connectivity index (χ1v) is 49.3. The highest BCUT2D eigenvalue weighted by Gasteiger charge is 2.47. The standard InChI is InChI=1S/C93H134N26O21S2/c1-9-11-23-70-85(133)107-62(22-17-32-100-93(97)98)81(129)104-55(39-76(124)102-44-77(125)105-61(79(96)127)31-33-103-114-99)48-141-49-78(126)106-65(36-52-27-29-56(121)30-28-52)88(136)115(6)51(5)80(128)109-67(41-75(95)123)90(138)118-34-18-25-71(118)86(134)112-68(42-94)83(131)110-64(35-50(3)4)91(139)119-45-57(122)40-73(119)87(135)108-63(37-53-43-101-60-21-15-13-19-58(53)60)82(130)113-69(46-120)84(132)111-66(38-54-47-142-74-26-16-14-20-59(54)74)89(137)117(8)72(24-12-10-2)92(140)116(70)7/h13-16,19-21,26-30,43,47,50-51,55,57,61-73,101,120-122H,9-12,17-18,22-25,31-42,44-46,48-49,94H2,1-8H3,(H2,95,123)(H2,96,127)(H,102,124)(H,104,129)(H,105,125)(H,106,126)(H,107,133)(H,108,135)(H,109,128)(H,110,131)(H,111,132)(H,112,134)(H,113,130)(H4,97,98,100)/t51-,55+,57+,61-,62-,63-,64-,65-,66-,67-,68-,69-,70-,71-,72-,73-/m0/s1. The molecule has 8 rings (SSSR count). The van der Waals surface area contributed by atoms with Gasteiger partial charge in [0.15, 0.2) is 5.96 Å². The Morgan fingerprint density at radius 2 is 1.19 bits per heavy atom. The van der Waals surface area contributed by atoms with Crippen LogP contribution in [0.5, 0.6) is 5.75 Å². The number of guanidine groups is 1. The molecule has 0 unspecified atom stereocenters. The molecule has 25 N–H and O–H groups in total. The first-order chi connectivity index (χ1) is 67.6. The molecule has 0 bridgehead atoms. The van der Waals surface area contributed by atoms with E-state index in [1.807, 2.05) is 19.9 Å². The number of hydrogen-bond donors (Lipinski definition) is 21. The van der Waals surface area contributed by atoms with Gasteiger partial charge < -0.3 is 132 Å². The number of rotatable bonds is 31. The van der Waals surface area contributed by atoms with Crippen molar-refractivity contribution in [2.45, 2.75) is 247 Å². The van der Waals surface area contributed by atoms with Crippen molar-refractivity contribution in [3.8, 4) is 5.75 Å². The Morgan fingerprint density at radius 1 is 0.606 bits per heavy atom. The van der Waals surface area contributed by atoms with Gasteiger partial charge in [-0.05, 0) is 121 Å². The number of primary amides is 2. The Bertz CT molecular complexity index is 5370. The molecular weight excluding hydrogens is 1880 g/mol. The molecule has 0 aliphatic carbocycles. The molecule has 2 aromatic heterocycles. The normalized spacial score (nSPS) is 24.2. The first-order valence-electron chi connectivity index (χ1n) is 47.3. The summed E-state index contributed by atoms with van der Waals surface area (Å²) in [6, 6.07) is -3.41. The number of unbranched alkanes of at least 4 members (excludes halogenated alkanes) is 2. The summed E-state index contributed by atoms with van der Waals surface area (Å²) >= 11 is 2.15. The van der Waals surface area contributed by atoms with Crippen molar-refractivity contribution in [1.82, 2.24) is 93.3 Å². The van der Waals surface area contributed by atoms with Gasteiger partial charge in [0.2, 0.25) is 106 Å². The second-order valence-corrected chi connectivity index (χ2v) is 38.0. The molecule has 16 atom stereocenters. The number of benzene rings is 3. The van der Waals surface area contributed by atoms with Crippen LogP contribution in [-0.4, -0.2) is 332 Å². The number of H-pyrrole nitrogens is 1. The van der Waals surface area contributed by atoms with Crippen molar-refractivity contribution < 1.29 is 102 Å². The van der Waals surface area contributed by atoms with Crippen molar-refractivity contribution >= 4 is 156 Å². The van der Waals surface area contributed by atoms with Gasteiger partial charge in [-0.2, -0.15) is 0 Å². The number of nitrogens with two attached hydrogens (primary N) is 4. The number of fused-ring (bicyclic) bond motifs is 4. The lowest BCUT2D eigenvalue weighted by Gasteiger charge is -2.36. The molecule has 18 amide bonds. The Balaban J connectivity index is 1.20. The second kappa shape index (κ2) is 55.4. The van der Waals surface area contributed by atoms with Gasteiger partial charge in [0.05, 0.1) is 31.4 Å². The summed E-state index contributed by atoms with van der Waals surface area (Å²) in [6.45, 7) is 5.00. The number of azide groups is 1. The van der Waals surface area contributed by atoms with E-state index < -0.39 is 260 Å². The van der Waals surface area contributed by atoms with E-state index in [4.69, 9.17) is 33.9 Å². The number of hydrogen-bond acceptors (Lipinski definition) is 26. The van der Waals surface area contributed by atoms with Gasteiger partial charge in [0.1, 0.15) is 90.3 Å². The Labute approximate surface area is 829 Å². The van der Waals surface area contributed by atoms with Crippen molar-refractivity contribution in [2.24, 2.45) is 34.0 Å². The van der Waals surface area contributed by atoms with E-state index in [0.29, 0.717) is 58.7 Å². The monoisotopic (exact) mass is 2010 g/mol. The average molecular weight is 2020 g/mol. The van der Waals surface area contributed by atoms with Gasteiger partial charge in [-0.15, -0.1) is 23.1 Å². The van der Waals surface area contributed by atoms with Crippen LogP contribution < -0.4 is 86.7 Å². The zero-order chi connectivity index (χ0) is 104. The number of aliphatic hydroxyl groups is 2. The van der Waals surface area contributed by atoms with Gasteiger partial charge >= 0.3 is 0 Å². The lowest BCUT2D eigenvalue weighted by Crippen LogP contribution is -2.62. The number of amides is 18. The molecule has 3 aliphatic rings. The number of aromatic amines is 1. The van der Waals surface area contributed by atoms with Crippen molar-refractivity contribution in [1.29, 1.82) is 5.41 Å². The zero-order valence-electron chi connectivity index (χ0n) is 80.9. The molecule has 3 fully saturated rings. The highest BCUT2D eigenvalue weighted by atomic mass is 32.2. The molecule has 774 valence electrons. The van der Waals surface area contributed by atoms with E-state index >= 15 is 38.4 Å². The van der Waals surface area contributed by atoms with Gasteiger partial charge in [0.25, 0.3) is 0 Å². The van der Waals surface area contributed by atoms with E-state index in [2.05, 4.69) is 78.8 Å². The van der Waals surface area contributed by atoms with E-state index in [-0.39, 0.29) is 108 Å². The smallest absolute Gasteiger partial charge is 0.246 e. The number of thiophene rings is 1. The molecule has 0 spiro atoms. The number of para-hydroxylation sites is 1. The first kappa shape index (κ1) is 114. The number of carbonyl (C=O) groups excluding carboxylic acids is 18. The lowest BCUT2D eigenvalue weighted by atomic mass is 10.00. The molecule has 47 nitrogen and oxygen atoms in total. The number of phenols is 1. The minimum Gasteiger partial charge on any atom is -0.508 e. The summed E-state index contributed by atoms with van der Waals surface area (Å²) in [7, 11) is 3.88. The minimum atomic E-state index is -1.90. The number of thioether (sulfide) groups is 1. The fourth-order valence-electron chi connectivity index (χ4n) is 17.0. The number of nitrogens with zero attached hydrogens (tertiary/aromatic N) is 8. The van der Waals surface area contributed by atoms with Crippen LogP contribution in [0.25, 0.3) is 31.4 Å². The fraction of sp³-hybridized carbons (Fsp3) is 0.559. The molecule has 0 radical (unpaired) electrons. The van der Waals surface area contributed by atoms with E-state index in [1.165, 1.54) is 63.7 Å². The molecule has 3 aromatic carbocycles. The van der Waals surface area contributed by atoms with E-state index in [0.717, 1.165) is 41.0 Å². The van der Waals surface area contributed by atoms with Crippen LogP contribution in [-0.2, 0) is 106 Å². The second-order valence-electron chi connectivity index (χ2n) is 36.0. The molecule has 0 saturated carbocycles. The van der Waals surface area contributed by atoms with Crippen LogP contribution in [0, 0.1) is 11.3 Å². The summed E-state index contributed by atoms with van der Waals surface area (Å²) in [5.74, 6) is -19.0. The van der Waals surface area contributed by atoms with Crippen LogP contribution in [0.15, 0.2) is 89.5 Å². The van der Waals surface area contributed by atoms with Crippen LogP contribution in [0.3, 0.4) is 0 Å². The highest BCUT2D eigenvalue weighted by molar-refractivity contribution is 8.00. The predicted octanol–water partition coefficient (Wildman–Crippen LogP) is -2.63. The van der Waals surface area contributed by atoms with Gasteiger partial charge in [-0.1, -0.05) is 107 Å². The number of likely N-dealkylation sites (N-methyl/N-ethyl adjacent to an activating group) is 3. The van der Waals surface area contributed by atoms with E-state index in [1.54, 1.807) is 67.9 Å². The Morgan fingerprint density at radius 3 is 1.85 bits per heavy atom. The molecule has 3 aliphatic heterocycles. The van der Waals surface area contributed by atoms with Crippen LogP contribution >= 0.6 is 23.1 Å². The number of aliphatic hydroxyl groups excluding tert-OH is 2. The van der Waals surface area contributed by atoms with Crippen LogP contribution in [0.4, 0.5) is 0 Å². The molecule has 3 saturated heterocycles. The fourth-order valence-corrected chi connectivity index (χ4v) is 18.9. The zero-order valence-corrected chi connectivity index (χ0v) is 82.5. The maximum atomic E-state index is 15.8. The molecule has 5 heterocycles.